The van der Waals surface area contributed by atoms with E-state index in [1.807, 2.05) is 0 Å². The Labute approximate surface area is 135 Å². The summed E-state index contributed by atoms with van der Waals surface area (Å²) < 4.78 is 38.1. The number of nitrogens with zero attached hydrogens (tertiary/aromatic N) is 1. The van der Waals surface area contributed by atoms with Crippen LogP contribution in [0.2, 0.25) is 0 Å². The van der Waals surface area contributed by atoms with Crippen molar-refractivity contribution in [2.45, 2.75) is 18.6 Å². The van der Waals surface area contributed by atoms with Gasteiger partial charge in [-0.2, -0.15) is 13.2 Å². The van der Waals surface area contributed by atoms with E-state index in [4.69, 9.17) is 0 Å². The first kappa shape index (κ1) is 17.5. The Morgan fingerprint density at radius 2 is 1.96 bits per heavy atom. The fourth-order valence-corrected chi connectivity index (χ4v) is 2.05. The second-order valence-corrected chi connectivity index (χ2v) is 5.01. The molecule has 0 saturated carbocycles. The van der Waals surface area contributed by atoms with Crippen molar-refractivity contribution in [1.82, 2.24) is 10.3 Å². The van der Waals surface area contributed by atoms with Gasteiger partial charge in [0, 0.05) is 18.8 Å². The van der Waals surface area contributed by atoms with Crippen LogP contribution in [0.5, 0.6) is 0 Å². The van der Waals surface area contributed by atoms with Gasteiger partial charge in [0.25, 0.3) is 5.91 Å². The fourth-order valence-electron chi connectivity index (χ4n) is 2.05. The molecule has 1 heterocycles. The minimum Gasteiger partial charge on any atom is -0.480 e. The third-order valence-corrected chi connectivity index (χ3v) is 3.22. The first-order chi connectivity index (χ1) is 11.3. The van der Waals surface area contributed by atoms with Crippen LogP contribution in [-0.4, -0.2) is 28.0 Å². The Bertz CT molecular complexity index is 733. The molecule has 0 bridgehead atoms. The number of nitrogens with one attached hydrogen (secondary N) is 1. The zero-order valence-electron chi connectivity index (χ0n) is 12.2. The number of carboxylic acid groups (broad SMARTS) is 1. The summed E-state index contributed by atoms with van der Waals surface area (Å²) >= 11 is 0. The number of carbonyl (C=O) groups is 2. The van der Waals surface area contributed by atoms with Crippen molar-refractivity contribution in [2.24, 2.45) is 0 Å². The van der Waals surface area contributed by atoms with Crippen molar-refractivity contribution in [3.05, 3.63) is 65.5 Å². The van der Waals surface area contributed by atoms with Gasteiger partial charge in [0.1, 0.15) is 6.04 Å². The molecule has 0 aliphatic carbocycles. The standard InChI is InChI=1S/C16H13F3N2O3/c17-16(18,19)12-5-1-3-10(7-12)8-13(15(23)24)21-14(22)11-4-2-6-20-9-11/h1-7,9,13H,8H2,(H,21,22)(H,23,24)/t13-/m1/s1. The summed E-state index contributed by atoms with van der Waals surface area (Å²) in [6, 6.07) is 5.94. The van der Waals surface area contributed by atoms with E-state index in [1.165, 1.54) is 36.7 Å². The molecule has 1 aromatic heterocycles. The predicted molar refractivity (Wildman–Crippen MR) is 78.3 cm³/mol. The topological polar surface area (TPSA) is 79.3 Å². The predicted octanol–water partition coefficient (Wildman–Crippen LogP) is 2.53. The first-order valence-electron chi connectivity index (χ1n) is 6.87. The van der Waals surface area contributed by atoms with Crippen LogP contribution in [0, 0.1) is 0 Å². The number of hydrogen-bond donors (Lipinski definition) is 2. The Morgan fingerprint density at radius 1 is 1.21 bits per heavy atom. The lowest BCUT2D eigenvalue weighted by Gasteiger charge is -2.15. The van der Waals surface area contributed by atoms with Crippen LogP contribution in [-0.2, 0) is 17.4 Å². The highest BCUT2D eigenvalue weighted by Gasteiger charge is 2.31. The number of aromatic nitrogens is 1. The second-order valence-electron chi connectivity index (χ2n) is 5.01. The molecule has 0 saturated heterocycles. The molecule has 5 nitrogen and oxygen atoms in total. The molecule has 126 valence electrons. The van der Waals surface area contributed by atoms with Gasteiger partial charge in [-0.05, 0) is 23.8 Å². The quantitative estimate of drug-likeness (QED) is 0.878. The smallest absolute Gasteiger partial charge is 0.416 e. The van der Waals surface area contributed by atoms with Gasteiger partial charge in [0.2, 0.25) is 0 Å². The summed E-state index contributed by atoms with van der Waals surface area (Å²) in [5.41, 5.74) is -0.556. The highest BCUT2D eigenvalue weighted by molar-refractivity contribution is 5.96. The molecule has 0 spiro atoms. The molecule has 2 N–H and O–H groups in total. The lowest BCUT2D eigenvalue weighted by atomic mass is 10.0. The van der Waals surface area contributed by atoms with Crippen LogP contribution >= 0.6 is 0 Å². The van der Waals surface area contributed by atoms with E-state index in [9.17, 15) is 27.9 Å². The van der Waals surface area contributed by atoms with Crippen molar-refractivity contribution >= 4 is 11.9 Å². The number of halogens is 3. The van der Waals surface area contributed by atoms with E-state index in [-0.39, 0.29) is 17.5 Å². The molecular formula is C16H13F3N2O3. The van der Waals surface area contributed by atoms with Crippen molar-refractivity contribution in [2.75, 3.05) is 0 Å². The number of benzene rings is 1. The number of hydrogen-bond acceptors (Lipinski definition) is 3. The van der Waals surface area contributed by atoms with Gasteiger partial charge in [-0.15, -0.1) is 0 Å². The molecule has 8 heteroatoms. The van der Waals surface area contributed by atoms with Crippen LogP contribution in [0.4, 0.5) is 13.2 Å². The Kier molecular flexibility index (Phi) is 5.18. The van der Waals surface area contributed by atoms with Crippen LogP contribution < -0.4 is 5.32 Å². The van der Waals surface area contributed by atoms with E-state index in [0.29, 0.717) is 0 Å². The van der Waals surface area contributed by atoms with Crippen LogP contribution in [0.15, 0.2) is 48.8 Å². The maximum atomic E-state index is 12.7. The molecule has 0 aliphatic heterocycles. The second kappa shape index (κ2) is 7.12. The summed E-state index contributed by atoms with van der Waals surface area (Å²) in [4.78, 5) is 27.0. The highest BCUT2D eigenvalue weighted by atomic mass is 19.4. The summed E-state index contributed by atoms with van der Waals surface area (Å²) in [5.74, 6) is -2.01. The van der Waals surface area contributed by atoms with Gasteiger partial charge >= 0.3 is 12.1 Å². The number of carbonyl (C=O) groups excluding carboxylic acids is 1. The van der Waals surface area contributed by atoms with E-state index >= 15 is 0 Å². The lowest BCUT2D eigenvalue weighted by molar-refractivity contribution is -0.139. The minimum absolute atomic E-state index is 0.156. The molecule has 24 heavy (non-hydrogen) atoms. The molecule has 1 atom stereocenters. The fraction of sp³-hybridized carbons (Fsp3) is 0.188. The SMILES string of the molecule is O=C(N[C@H](Cc1cccc(C(F)(F)F)c1)C(=O)O)c1cccnc1. The largest absolute Gasteiger partial charge is 0.480 e. The lowest BCUT2D eigenvalue weighted by Crippen LogP contribution is -2.42. The van der Waals surface area contributed by atoms with E-state index in [0.717, 1.165) is 12.1 Å². The van der Waals surface area contributed by atoms with E-state index in [1.54, 1.807) is 0 Å². The Balaban J connectivity index is 2.15. The van der Waals surface area contributed by atoms with Gasteiger partial charge in [0.05, 0.1) is 11.1 Å². The number of aliphatic carboxylic acids is 1. The zero-order chi connectivity index (χ0) is 17.7. The number of amides is 1. The summed E-state index contributed by atoms with van der Waals surface area (Å²) in [6.07, 6.45) is -2.08. The average molecular weight is 338 g/mol. The zero-order valence-corrected chi connectivity index (χ0v) is 12.2. The molecule has 1 amide bonds. The van der Waals surface area contributed by atoms with Crippen molar-refractivity contribution < 1.29 is 27.9 Å². The molecule has 1 aromatic carbocycles. The highest BCUT2D eigenvalue weighted by Crippen LogP contribution is 2.29. The molecular weight excluding hydrogens is 325 g/mol. The number of pyridine rings is 1. The van der Waals surface area contributed by atoms with E-state index < -0.39 is 29.7 Å². The van der Waals surface area contributed by atoms with Crippen LogP contribution in [0.3, 0.4) is 0 Å². The van der Waals surface area contributed by atoms with Gasteiger partial charge in [0.15, 0.2) is 0 Å². The Morgan fingerprint density at radius 3 is 2.54 bits per heavy atom. The summed E-state index contributed by atoms with van der Waals surface area (Å²) in [7, 11) is 0. The molecule has 0 fully saturated rings. The van der Waals surface area contributed by atoms with Crippen molar-refractivity contribution in [3.63, 3.8) is 0 Å². The van der Waals surface area contributed by atoms with Gasteiger partial charge in [-0.3, -0.25) is 9.78 Å². The van der Waals surface area contributed by atoms with E-state index in [2.05, 4.69) is 10.3 Å². The molecule has 2 aromatic rings. The number of alkyl halides is 3. The third kappa shape index (κ3) is 4.55. The van der Waals surface area contributed by atoms with Crippen molar-refractivity contribution in [3.8, 4) is 0 Å². The first-order valence-corrected chi connectivity index (χ1v) is 6.87. The third-order valence-electron chi connectivity index (χ3n) is 3.22. The maximum absolute atomic E-state index is 12.7. The maximum Gasteiger partial charge on any atom is 0.416 e. The van der Waals surface area contributed by atoms with Gasteiger partial charge in [-0.25, -0.2) is 4.79 Å². The van der Waals surface area contributed by atoms with Gasteiger partial charge < -0.3 is 10.4 Å². The number of rotatable bonds is 5. The molecule has 0 aliphatic rings. The monoisotopic (exact) mass is 338 g/mol. The summed E-state index contributed by atoms with van der Waals surface area (Å²) in [5, 5.41) is 11.5. The average Bonchev–Trinajstić information content (AvgIpc) is 2.54. The van der Waals surface area contributed by atoms with Crippen LogP contribution in [0.25, 0.3) is 0 Å². The van der Waals surface area contributed by atoms with Crippen LogP contribution in [0.1, 0.15) is 21.5 Å². The van der Waals surface area contributed by atoms with Gasteiger partial charge in [-0.1, -0.05) is 18.2 Å². The molecule has 0 unspecified atom stereocenters. The number of carboxylic acids is 1. The summed E-state index contributed by atoms with van der Waals surface area (Å²) in [6.45, 7) is 0. The minimum atomic E-state index is -4.52. The van der Waals surface area contributed by atoms with Crippen molar-refractivity contribution in [1.29, 1.82) is 0 Å². The molecule has 2 rings (SSSR count). The Hall–Kier alpha value is -2.90. The normalized spacial score (nSPS) is 12.5. The molecule has 0 radical (unpaired) electrons.